The first kappa shape index (κ1) is 16.1. The molecule has 1 aromatic heterocycles. The maximum absolute atomic E-state index is 14.0. The van der Waals surface area contributed by atoms with Crippen LogP contribution in [0, 0.1) is 5.82 Å². The van der Waals surface area contributed by atoms with E-state index in [4.69, 9.17) is 22.1 Å². The maximum atomic E-state index is 14.0. The second kappa shape index (κ2) is 5.48. The van der Waals surface area contributed by atoms with Crippen molar-refractivity contribution in [3.05, 3.63) is 45.1 Å². The van der Waals surface area contributed by atoms with Gasteiger partial charge in [-0.15, -0.1) is 0 Å². The fraction of sp³-hybridized carbons (Fsp3) is 0.167. The summed E-state index contributed by atoms with van der Waals surface area (Å²) in [5, 5.41) is 3.16. The number of benzene rings is 1. The van der Waals surface area contributed by atoms with Crippen LogP contribution >= 0.6 is 11.6 Å². The zero-order chi connectivity index (χ0) is 16.7. The van der Waals surface area contributed by atoms with E-state index in [2.05, 4.69) is 5.10 Å². The summed E-state index contributed by atoms with van der Waals surface area (Å²) in [6.07, 6.45) is -4.35. The molecule has 0 aliphatic rings. The van der Waals surface area contributed by atoms with Crippen LogP contribution in [0.1, 0.15) is 5.56 Å². The zero-order valence-electron chi connectivity index (χ0n) is 10.9. The first-order valence-electron chi connectivity index (χ1n) is 5.65. The van der Waals surface area contributed by atoms with Crippen molar-refractivity contribution in [1.82, 2.24) is 9.78 Å². The highest BCUT2D eigenvalue weighted by Crippen LogP contribution is 2.37. The lowest BCUT2D eigenvalue weighted by molar-refractivity contribution is -0.138. The zero-order valence-corrected chi connectivity index (χ0v) is 11.7. The molecule has 0 aliphatic heterocycles. The van der Waals surface area contributed by atoms with Crippen LogP contribution in [0.5, 0.6) is 5.75 Å². The monoisotopic (exact) mass is 337 g/mol. The molecule has 0 radical (unpaired) electrons. The SMILES string of the molecule is COc1c(Cl)cc(F)c(-n2ncc(C(F)(F)F)cc2=O)c1N. The van der Waals surface area contributed by atoms with Gasteiger partial charge in [-0.3, -0.25) is 4.79 Å². The molecule has 0 fully saturated rings. The number of rotatable bonds is 2. The second-order valence-electron chi connectivity index (χ2n) is 4.13. The summed E-state index contributed by atoms with van der Waals surface area (Å²) >= 11 is 5.72. The average molecular weight is 338 g/mol. The number of hydrogen-bond donors (Lipinski definition) is 1. The van der Waals surface area contributed by atoms with Crippen LogP contribution in [-0.2, 0) is 6.18 Å². The number of methoxy groups -OCH3 is 1. The van der Waals surface area contributed by atoms with Crippen molar-refractivity contribution < 1.29 is 22.3 Å². The van der Waals surface area contributed by atoms with Gasteiger partial charge in [-0.2, -0.15) is 23.0 Å². The molecule has 0 saturated carbocycles. The van der Waals surface area contributed by atoms with Crippen molar-refractivity contribution in [2.75, 3.05) is 12.8 Å². The van der Waals surface area contributed by atoms with E-state index in [0.29, 0.717) is 10.9 Å². The molecule has 5 nitrogen and oxygen atoms in total. The predicted octanol–water partition coefficient (Wildman–Crippen LogP) is 2.63. The van der Waals surface area contributed by atoms with Gasteiger partial charge in [0.25, 0.3) is 5.56 Å². The Labute approximate surface area is 125 Å². The van der Waals surface area contributed by atoms with Gasteiger partial charge in [0.1, 0.15) is 11.4 Å². The molecule has 0 bridgehead atoms. The van der Waals surface area contributed by atoms with E-state index in [1.165, 1.54) is 7.11 Å². The summed E-state index contributed by atoms with van der Waals surface area (Å²) in [6, 6.07) is 1.10. The third-order valence-electron chi connectivity index (χ3n) is 2.74. The van der Waals surface area contributed by atoms with Gasteiger partial charge in [0.2, 0.25) is 0 Å². The fourth-order valence-electron chi connectivity index (χ4n) is 1.76. The van der Waals surface area contributed by atoms with Crippen molar-refractivity contribution in [1.29, 1.82) is 0 Å². The third-order valence-corrected chi connectivity index (χ3v) is 3.02. The number of aromatic nitrogens is 2. The Bertz CT molecular complexity index is 789. The van der Waals surface area contributed by atoms with Crippen LogP contribution < -0.4 is 16.0 Å². The number of alkyl halides is 3. The molecule has 2 rings (SSSR count). The molecule has 10 heteroatoms. The lowest BCUT2D eigenvalue weighted by Crippen LogP contribution is -2.25. The molecule has 0 amide bonds. The highest BCUT2D eigenvalue weighted by molar-refractivity contribution is 6.32. The largest absolute Gasteiger partial charge is 0.493 e. The first-order chi connectivity index (χ1) is 10.2. The Morgan fingerprint density at radius 1 is 1.36 bits per heavy atom. The van der Waals surface area contributed by atoms with E-state index in [9.17, 15) is 22.4 Å². The van der Waals surface area contributed by atoms with Crippen LogP contribution in [0.25, 0.3) is 5.69 Å². The summed E-state index contributed by atoms with van der Waals surface area (Å²) in [5.74, 6) is -1.15. The van der Waals surface area contributed by atoms with E-state index in [1.54, 1.807) is 0 Å². The van der Waals surface area contributed by atoms with Crippen LogP contribution in [0.15, 0.2) is 23.1 Å². The molecule has 22 heavy (non-hydrogen) atoms. The fourth-order valence-corrected chi connectivity index (χ4v) is 2.04. The van der Waals surface area contributed by atoms with Gasteiger partial charge < -0.3 is 10.5 Å². The van der Waals surface area contributed by atoms with E-state index < -0.39 is 28.8 Å². The van der Waals surface area contributed by atoms with Crippen LogP contribution in [0.3, 0.4) is 0 Å². The molecule has 0 aliphatic carbocycles. The van der Waals surface area contributed by atoms with Crippen LogP contribution in [0.2, 0.25) is 5.02 Å². The van der Waals surface area contributed by atoms with E-state index in [-0.39, 0.29) is 22.5 Å². The normalized spacial score (nSPS) is 11.5. The van der Waals surface area contributed by atoms with Gasteiger partial charge in [0.05, 0.1) is 23.9 Å². The molecule has 0 spiro atoms. The Kier molecular flexibility index (Phi) is 4.01. The van der Waals surface area contributed by atoms with Gasteiger partial charge in [-0.1, -0.05) is 11.6 Å². The van der Waals surface area contributed by atoms with Gasteiger partial charge in [0.15, 0.2) is 11.6 Å². The Balaban J connectivity index is 2.71. The highest BCUT2D eigenvalue weighted by atomic mass is 35.5. The minimum atomic E-state index is -4.74. The molecule has 2 N–H and O–H groups in total. The summed E-state index contributed by atoms with van der Waals surface area (Å²) in [7, 11) is 1.21. The van der Waals surface area contributed by atoms with Crippen molar-refractivity contribution >= 4 is 17.3 Å². The molecule has 118 valence electrons. The molecule has 2 aromatic rings. The van der Waals surface area contributed by atoms with E-state index in [1.807, 2.05) is 0 Å². The predicted molar refractivity (Wildman–Crippen MR) is 70.8 cm³/mol. The molecule has 1 heterocycles. The van der Waals surface area contributed by atoms with Crippen LogP contribution in [0.4, 0.5) is 23.2 Å². The average Bonchev–Trinajstić information content (AvgIpc) is 2.39. The number of anilines is 1. The first-order valence-corrected chi connectivity index (χ1v) is 6.03. The minimum Gasteiger partial charge on any atom is -0.493 e. The molecule has 0 unspecified atom stereocenters. The summed E-state index contributed by atoms with van der Waals surface area (Å²) in [6.45, 7) is 0. The Morgan fingerprint density at radius 3 is 2.50 bits per heavy atom. The van der Waals surface area contributed by atoms with Gasteiger partial charge >= 0.3 is 6.18 Å². The van der Waals surface area contributed by atoms with Crippen molar-refractivity contribution in [2.45, 2.75) is 6.18 Å². The number of hydrogen-bond acceptors (Lipinski definition) is 4. The maximum Gasteiger partial charge on any atom is 0.418 e. The van der Waals surface area contributed by atoms with Gasteiger partial charge in [0, 0.05) is 6.07 Å². The highest BCUT2D eigenvalue weighted by Gasteiger charge is 2.32. The number of halogens is 5. The lowest BCUT2D eigenvalue weighted by Gasteiger charge is -2.14. The topological polar surface area (TPSA) is 70.1 Å². The lowest BCUT2D eigenvalue weighted by atomic mass is 10.2. The van der Waals surface area contributed by atoms with Crippen LogP contribution in [-0.4, -0.2) is 16.9 Å². The Morgan fingerprint density at radius 2 is 2.00 bits per heavy atom. The molecule has 0 saturated heterocycles. The second-order valence-corrected chi connectivity index (χ2v) is 4.53. The van der Waals surface area contributed by atoms with Gasteiger partial charge in [-0.25, -0.2) is 4.39 Å². The smallest absolute Gasteiger partial charge is 0.418 e. The molecule has 0 atom stereocenters. The molecule has 1 aromatic carbocycles. The van der Waals surface area contributed by atoms with Gasteiger partial charge in [-0.05, 0) is 6.07 Å². The van der Waals surface area contributed by atoms with Crippen molar-refractivity contribution in [2.24, 2.45) is 0 Å². The third kappa shape index (κ3) is 2.71. The Hall–Kier alpha value is -2.29. The minimum absolute atomic E-state index is 0.119. The number of nitrogens with two attached hydrogens (primary N) is 1. The molecular weight excluding hydrogens is 330 g/mol. The standard InChI is InChI=1S/C12H8ClF4N3O2/c1-22-11-6(13)3-7(14)10(9(11)18)20-8(21)2-5(4-19-20)12(15,16)17/h2-4H,18H2,1H3. The molecular formula is C12H8ClF4N3O2. The van der Waals surface area contributed by atoms with E-state index in [0.717, 1.165) is 6.07 Å². The van der Waals surface area contributed by atoms with E-state index >= 15 is 0 Å². The number of nitrogen functional groups attached to an aromatic ring is 1. The van der Waals surface area contributed by atoms with Crippen molar-refractivity contribution in [3.8, 4) is 11.4 Å². The number of ether oxygens (including phenoxy) is 1. The number of nitrogens with zero attached hydrogens (tertiary/aromatic N) is 2. The quantitative estimate of drug-likeness (QED) is 0.675. The summed E-state index contributed by atoms with van der Waals surface area (Å²) in [4.78, 5) is 11.8. The summed E-state index contributed by atoms with van der Waals surface area (Å²) < 4.78 is 56.8. The van der Waals surface area contributed by atoms with Crippen molar-refractivity contribution in [3.63, 3.8) is 0 Å². The summed E-state index contributed by atoms with van der Waals surface area (Å²) in [5.41, 5.74) is 2.29.